The molecule has 1 saturated heterocycles. The number of halogens is 1. The Hall–Kier alpha value is -2.17. The first-order valence-corrected chi connectivity index (χ1v) is 11.4. The second-order valence-corrected chi connectivity index (χ2v) is 9.87. The highest BCUT2D eigenvalue weighted by Crippen LogP contribution is 2.48. The van der Waals surface area contributed by atoms with Crippen LogP contribution < -0.4 is 0 Å². The molecule has 1 spiro atoms. The van der Waals surface area contributed by atoms with Crippen LogP contribution in [-0.4, -0.2) is 40.9 Å². The van der Waals surface area contributed by atoms with Crippen LogP contribution in [0.4, 0.5) is 0 Å². The Morgan fingerprint density at radius 3 is 2.16 bits per heavy atom. The summed E-state index contributed by atoms with van der Waals surface area (Å²) in [5.74, 6) is -0.265. The monoisotopic (exact) mass is 439 g/mol. The quantitative estimate of drug-likeness (QED) is 0.711. The molecule has 2 unspecified atom stereocenters. The van der Waals surface area contributed by atoms with Gasteiger partial charge in [-0.05, 0) is 78.5 Å². The number of aryl methyl sites for hydroxylation is 2. The lowest BCUT2D eigenvalue weighted by atomic mass is 9.62. The Morgan fingerprint density at radius 2 is 1.65 bits per heavy atom. The molecule has 164 valence electrons. The zero-order valence-corrected chi connectivity index (χ0v) is 19.2. The maximum Gasteiger partial charge on any atom is 0.219 e. The number of amides is 1. The van der Waals surface area contributed by atoms with Gasteiger partial charge in [0.15, 0.2) is 0 Å². The fourth-order valence-corrected chi connectivity index (χ4v) is 5.76. The van der Waals surface area contributed by atoms with Crippen molar-refractivity contribution in [2.75, 3.05) is 13.1 Å². The number of Topliss-reactive ketones (excluding diaryl/α,β-unsaturated/α-hetero) is 1. The maximum atomic E-state index is 13.3. The Labute approximate surface area is 189 Å². The molecule has 4 nitrogen and oxygen atoms in total. The molecule has 1 aliphatic carbocycles. The van der Waals surface area contributed by atoms with Crippen LogP contribution in [0.25, 0.3) is 11.1 Å². The molecular formula is C26H30ClNO3. The number of hydrogen-bond donors (Lipinski definition) is 1. The SMILES string of the molecule is CC(=O)N1CCC2(CC1)CC(=O)C(c1c(C)cc(-c3ccc(Cl)cc3)cc1C)C(O)C2. The van der Waals surface area contributed by atoms with Crippen molar-refractivity contribution >= 4 is 23.3 Å². The summed E-state index contributed by atoms with van der Waals surface area (Å²) in [6, 6.07) is 11.9. The maximum absolute atomic E-state index is 13.3. The predicted octanol–water partition coefficient (Wildman–Crippen LogP) is 5.06. The van der Waals surface area contributed by atoms with Crippen molar-refractivity contribution in [1.82, 2.24) is 4.90 Å². The third kappa shape index (κ3) is 4.28. The first-order chi connectivity index (χ1) is 14.7. The number of rotatable bonds is 2. The minimum atomic E-state index is -0.691. The average molecular weight is 440 g/mol. The van der Waals surface area contributed by atoms with Crippen LogP contribution >= 0.6 is 11.6 Å². The lowest BCUT2D eigenvalue weighted by Gasteiger charge is -2.47. The summed E-state index contributed by atoms with van der Waals surface area (Å²) in [6.45, 7) is 6.99. The largest absolute Gasteiger partial charge is 0.392 e. The molecule has 2 aliphatic rings. The first-order valence-electron chi connectivity index (χ1n) is 11.0. The number of carbonyl (C=O) groups is 2. The average Bonchev–Trinajstić information content (AvgIpc) is 2.70. The summed E-state index contributed by atoms with van der Waals surface area (Å²) in [6.07, 6.45) is 1.99. The predicted molar refractivity (Wildman–Crippen MR) is 123 cm³/mol. The molecule has 0 aromatic heterocycles. The van der Waals surface area contributed by atoms with Crippen LogP contribution in [0.1, 0.15) is 55.2 Å². The Kier molecular flexibility index (Phi) is 5.97. The molecule has 4 rings (SSSR count). The van der Waals surface area contributed by atoms with Crippen molar-refractivity contribution in [1.29, 1.82) is 0 Å². The minimum absolute atomic E-state index is 0.0856. The zero-order chi connectivity index (χ0) is 22.3. The third-order valence-corrected chi connectivity index (χ3v) is 7.53. The highest BCUT2D eigenvalue weighted by molar-refractivity contribution is 6.30. The van der Waals surface area contributed by atoms with Gasteiger partial charge in [0.2, 0.25) is 5.91 Å². The van der Waals surface area contributed by atoms with Gasteiger partial charge in [-0.25, -0.2) is 0 Å². The summed E-state index contributed by atoms with van der Waals surface area (Å²) in [5, 5.41) is 11.8. The summed E-state index contributed by atoms with van der Waals surface area (Å²) < 4.78 is 0. The second kappa shape index (κ2) is 8.40. The summed E-state index contributed by atoms with van der Waals surface area (Å²) in [4.78, 5) is 26.8. The Bertz CT molecular complexity index is 983. The number of nitrogens with zero attached hydrogens (tertiary/aromatic N) is 1. The van der Waals surface area contributed by atoms with E-state index in [0.29, 0.717) is 31.0 Å². The van der Waals surface area contributed by atoms with Crippen LogP contribution in [0.2, 0.25) is 5.02 Å². The van der Waals surface area contributed by atoms with Gasteiger partial charge < -0.3 is 10.0 Å². The van der Waals surface area contributed by atoms with Gasteiger partial charge in [-0.1, -0.05) is 35.9 Å². The number of aliphatic hydroxyl groups is 1. The van der Waals surface area contributed by atoms with E-state index in [1.807, 2.05) is 43.0 Å². The summed E-state index contributed by atoms with van der Waals surface area (Å²) in [5.41, 5.74) is 5.01. The van der Waals surface area contributed by atoms with Crippen molar-refractivity contribution in [3.05, 3.63) is 58.1 Å². The number of piperidine rings is 1. The van der Waals surface area contributed by atoms with Crippen molar-refractivity contribution in [2.24, 2.45) is 5.41 Å². The Balaban J connectivity index is 1.58. The number of carbonyl (C=O) groups excluding carboxylic acids is 2. The number of benzene rings is 2. The third-order valence-electron chi connectivity index (χ3n) is 7.27. The van der Waals surface area contributed by atoms with Gasteiger partial charge in [0.1, 0.15) is 5.78 Å². The molecule has 1 heterocycles. The van der Waals surface area contributed by atoms with Gasteiger partial charge in [-0.3, -0.25) is 9.59 Å². The zero-order valence-electron chi connectivity index (χ0n) is 18.5. The highest BCUT2D eigenvalue weighted by atomic mass is 35.5. The van der Waals surface area contributed by atoms with Gasteiger partial charge in [0, 0.05) is 31.5 Å². The van der Waals surface area contributed by atoms with Crippen molar-refractivity contribution in [3.63, 3.8) is 0 Å². The number of ketones is 1. The molecule has 2 aromatic carbocycles. The highest BCUT2D eigenvalue weighted by Gasteiger charge is 2.47. The fourth-order valence-electron chi connectivity index (χ4n) is 5.63. The molecule has 2 atom stereocenters. The molecule has 1 aliphatic heterocycles. The summed E-state index contributed by atoms with van der Waals surface area (Å²) in [7, 11) is 0. The van der Waals surface area contributed by atoms with E-state index in [2.05, 4.69) is 12.1 Å². The number of likely N-dealkylation sites (tertiary alicyclic amines) is 1. The molecular weight excluding hydrogens is 410 g/mol. The fraction of sp³-hybridized carbons (Fsp3) is 0.462. The summed E-state index contributed by atoms with van der Waals surface area (Å²) >= 11 is 6.02. The lowest BCUT2D eigenvalue weighted by molar-refractivity contribution is -0.136. The van der Waals surface area contributed by atoms with Gasteiger partial charge in [0.05, 0.1) is 12.0 Å². The van der Waals surface area contributed by atoms with E-state index in [4.69, 9.17) is 11.6 Å². The van der Waals surface area contributed by atoms with E-state index in [1.54, 1.807) is 6.92 Å². The van der Waals surface area contributed by atoms with Crippen LogP contribution in [0, 0.1) is 19.3 Å². The molecule has 0 bridgehead atoms. The van der Waals surface area contributed by atoms with Gasteiger partial charge in [-0.2, -0.15) is 0 Å². The normalized spacial score (nSPS) is 23.3. The molecule has 0 radical (unpaired) electrons. The molecule has 5 heteroatoms. The van der Waals surface area contributed by atoms with Gasteiger partial charge in [0.25, 0.3) is 0 Å². The van der Waals surface area contributed by atoms with Crippen LogP contribution in [0.5, 0.6) is 0 Å². The standard InChI is InChI=1S/C26H30ClNO3/c1-16-12-20(19-4-6-21(27)7-5-19)13-17(2)24(16)25-22(30)14-26(15-23(25)31)8-10-28(11-9-26)18(3)29/h4-7,12-13,22,25,30H,8-11,14-15H2,1-3H3. The van der Waals surface area contributed by atoms with Crippen LogP contribution in [0.15, 0.2) is 36.4 Å². The first kappa shape index (κ1) is 22.0. The van der Waals surface area contributed by atoms with Crippen molar-refractivity contribution in [2.45, 2.75) is 58.5 Å². The van der Waals surface area contributed by atoms with E-state index in [-0.39, 0.29) is 17.1 Å². The molecule has 1 amide bonds. The topological polar surface area (TPSA) is 57.6 Å². The number of hydrogen-bond acceptors (Lipinski definition) is 3. The Morgan fingerprint density at radius 1 is 1.06 bits per heavy atom. The van der Waals surface area contributed by atoms with E-state index >= 15 is 0 Å². The van der Waals surface area contributed by atoms with Gasteiger partial charge in [-0.15, -0.1) is 0 Å². The second-order valence-electron chi connectivity index (χ2n) is 9.43. The van der Waals surface area contributed by atoms with E-state index < -0.39 is 12.0 Å². The molecule has 2 fully saturated rings. The minimum Gasteiger partial charge on any atom is -0.392 e. The molecule has 1 saturated carbocycles. The number of aliphatic hydroxyl groups excluding tert-OH is 1. The van der Waals surface area contributed by atoms with E-state index in [0.717, 1.165) is 40.7 Å². The van der Waals surface area contributed by atoms with Gasteiger partial charge >= 0.3 is 0 Å². The smallest absolute Gasteiger partial charge is 0.219 e. The molecule has 2 aromatic rings. The lowest BCUT2D eigenvalue weighted by Crippen LogP contribution is -2.49. The molecule has 1 N–H and O–H groups in total. The van der Waals surface area contributed by atoms with E-state index in [1.165, 1.54) is 0 Å². The van der Waals surface area contributed by atoms with Crippen LogP contribution in [-0.2, 0) is 9.59 Å². The molecule has 31 heavy (non-hydrogen) atoms. The van der Waals surface area contributed by atoms with Crippen LogP contribution in [0.3, 0.4) is 0 Å². The van der Waals surface area contributed by atoms with Crippen molar-refractivity contribution < 1.29 is 14.7 Å². The van der Waals surface area contributed by atoms with Crippen molar-refractivity contribution in [3.8, 4) is 11.1 Å². The van der Waals surface area contributed by atoms with E-state index in [9.17, 15) is 14.7 Å².